The Kier molecular flexibility index (Phi) is 3.44. The maximum absolute atomic E-state index is 13.4. The Morgan fingerprint density at radius 3 is 2.39 bits per heavy atom. The van der Waals surface area contributed by atoms with Gasteiger partial charge in [-0.25, -0.2) is 13.6 Å². The molecule has 2 aromatic carbocycles. The molecule has 4 nitrogen and oxygen atoms in total. The first-order chi connectivity index (χ1) is 10.9. The standard InChI is InChI=1S/C17H10F2O4/c1-8-3-2-4-12-14(20)13(17(21)22)16(23-15(8)12)9-5-10(18)7-11(19)6-9/h2-7H,1H3,(H,21,22). The zero-order valence-electron chi connectivity index (χ0n) is 11.9. The summed E-state index contributed by atoms with van der Waals surface area (Å²) >= 11 is 0. The molecular formula is C17H10F2O4. The average molecular weight is 316 g/mol. The maximum Gasteiger partial charge on any atom is 0.343 e. The molecule has 0 radical (unpaired) electrons. The SMILES string of the molecule is Cc1cccc2c(=O)c(C(=O)O)c(-c3cc(F)cc(F)c3)oc12. The molecule has 0 amide bonds. The van der Waals surface area contributed by atoms with Crippen LogP contribution in [0, 0.1) is 18.6 Å². The van der Waals surface area contributed by atoms with Crippen LogP contribution in [0.2, 0.25) is 0 Å². The number of hydrogen-bond acceptors (Lipinski definition) is 3. The van der Waals surface area contributed by atoms with Crippen molar-refractivity contribution in [3.63, 3.8) is 0 Å². The minimum atomic E-state index is -1.53. The second kappa shape index (κ2) is 5.31. The van der Waals surface area contributed by atoms with Crippen LogP contribution in [0.1, 0.15) is 15.9 Å². The predicted molar refractivity (Wildman–Crippen MR) is 79.5 cm³/mol. The molecule has 1 heterocycles. The molecule has 0 spiro atoms. The van der Waals surface area contributed by atoms with Gasteiger partial charge < -0.3 is 9.52 Å². The van der Waals surface area contributed by atoms with Gasteiger partial charge in [0.15, 0.2) is 11.3 Å². The van der Waals surface area contributed by atoms with Crippen molar-refractivity contribution in [2.75, 3.05) is 0 Å². The van der Waals surface area contributed by atoms with E-state index in [-0.39, 0.29) is 22.3 Å². The largest absolute Gasteiger partial charge is 0.477 e. The molecule has 3 rings (SSSR count). The quantitative estimate of drug-likeness (QED) is 0.782. The Morgan fingerprint density at radius 1 is 1.13 bits per heavy atom. The summed E-state index contributed by atoms with van der Waals surface area (Å²) < 4.78 is 32.4. The smallest absolute Gasteiger partial charge is 0.343 e. The number of halogens is 2. The van der Waals surface area contributed by atoms with Gasteiger partial charge >= 0.3 is 5.97 Å². The number of fused-ring (bicyclic) bond motifs is 1. The molecule has 0 fully saturated rings. The molecule has 0 aliphatic rings. The Morgan fingerprint density at radius 2 is 1.78 bits per heavy atom. The van der Waals surface area contributed by atoms with E-state index in [1.807, 2.05) is 0 Å². The number of aryl methyl sites for hydroxylation is 1. The summed E-state index contributed by atoms with van der Waals surface area (Å²) in [6.07, 6.45) is 0. The minimum absolute atomic E-state index is 0.100. The van der Waals surface area contributed by atoms with E-state index in [2.05, 4.69) is 0 Å². The fourth-order valence-corrected chi connectivity index (χ4v) is 2.44. The molecule has 0 saturated carbocycles. The van der Waals surface area contributed by atoms with Gasteiger partial charge in [0.05, 0.1) is 5.39 Å². The predicted octanol–water partition coefficient (Wildman–Crippen LogP) is 3.74. The lowest BCUT2D eigenvalue weighted by Crippen LogP contribution is -2.17. The van der Waals surface area contributed by atoms with E-state index < -0.39 is 28.6 Å². The van der Waals surface area contributed by atoms with Crippen LogP contribution in [0.25, 0.3) is 22.3 Å². The van der Waals surface area contributed by atoms with Crippen molar-refractivity contribution in [3.8, 4) is 11.3 Å². The summed E-state index contributed by atoms with van der Waals surface area (Å²) in [5, 5.41) is 9.43. The number of rotatable bonds is 2. The molecule has 1 aromatic heterocycles. The number of carboxylic acids is 1. The lowest BCUT2D eigenvalue weighted by molar-refractivity contribution is 0.0694. The van der Waals surface area contributed by atoms with Gasteiger partial charge in [0.2, 0.25) is 5.43 Å². The third-order valence-corrected chi connectivity index (χ3v) is 3.45. The molecule has 0 saturated heterocycles. The number of carboxylic acid groups (broad SMARTS) is 1. The molecule has 116 valence electrons. The first-order valence-electron chi connectivity index (χ1n) is 6.64. The highest BCUT2D eigenvalue weighted by molar-refractivity contribution is 5.98. The topological polar surface area (TPSA) is 67.5 Å². The van der Waals surface area contributed by atoms with Crippen molar-refractivity contribution in [1.82, 2.24) is 0 Å². The highest BCUT2D eigenvalue weighted by atomic mass is 19.1. The molecule has 23 heavy (non-hydrogen) atoms. The lowest BCUT2D eigenvalue weighted by atomic mass is 10.0. The fraction of sp³-hybridized carbons (Fsp3) is 0.0588. The van der Waals surface area contributed by atoms with E-state index in [0.717, 1.165) is 12.1 Å². The Balaban J connectivity index is 2.48. The van der Waals surface area contributed by atoms with Crippen molar-refractivity contribution in [3.05, 3.63) is 69.4 Å². The summed E-state index contributed by atoms with van der Waals surface area (Å²) in [7, 11) is 0. The highest BCUT2D eigenvalue weighted by Crippen LogP contribution is 2.28. The molecule has 0 atom stereocenters. The monoisotopic (exact) mass is 316 g/mol. The lowest BCUT2D eigenvalue weighted by Gasteiger charge is -2.09. The fourth-order valence-electron chi connectivity index (χ4n) is 2.44. The van der Waals surface area contributed by atoms with Crippen molar-refractivity contribution >= 4 is 16.9 Å². The molecule has 0 unspecified atom stereocenters. The Labute approximate surface area is 128 Å². The van der Waals surface area contributed by atoms with E-state index in [0.29, 0.717) is 11.6 Å². The summed E-state index contributed by atoms with van der Waals surface area (Å²) in [5.74, 6) is -3.70. The van der Waals surface area contributed by atoms with Gasteiger partial charge in [0.25, 0.3) is 0 Å². The third-order valence-electron chi connectivity index (χ3n) is 3.45. The first kappa shape index (κ1) is 14.9. The van der Waals surface area contributed by atoms with E-state index in [4.69, 9.17) is 4.42 Å². The van der Waals surface area contributed by atoms with Gasteiger partial charge in [-0.3, -0.25) is 4.79 Å². The number of carbonyl (C=O) groups is 1. The van der Waals surface area contributed by atoms with Crippen molar-refractivity contribution in [2.24, 2.45) is 0 Å². The summed E-state index contributed by atoms with van der Waals surface area (Å²) in [4.78, 5) is 23.9. The van der Waals surface area contributed by atoms with Crippen LogP contribution in [0.3, 0.4) is 0 Å². The molecule has 0 aliphatic carbocycles. The summed E-state index contributed by atoms with van der Waals surface area (Å²) in [6, 6.07) is 7.20. The van der Waals surface area contributed by atoms with Crippen LogP contribution >= 0.6 is 0 Å². The van der Waals surface area contributed by atoms with Crippen LogP contribution in [-0.2, 0) is 0 Å². The second-order valence-electron chi connectivity index (χ2n) is 5.05. The van der Waals surface area contributed by atoms with E-state index in [1.54, 1.807) is 19.1 Å². The zero-order chi connectivity index (χ0) is 16.7. The van der Waals surface area contributed by atoms with Gasteiger partial charge in [0, 0.05) is 11.6 Å². The van der Waals surface area contributed by atoms with E-state index in [9.17, 15) is 23.5 Å². The number of hydrogen-bond donors (Lipinski definition) is 1. The summed E-state index contributed by atoms with van der Waals surface area (Å²) in [6.45, 7) is 1.68. The first-order valence-corrected chi connectivity index (χ1v) is 6.64. The maximum atomic E-state index is 13.4. The molecule has 1 N–H and O–H groups in total. The number of para-hydroxylation sites is 1. The highest BCUT2D eigenvalue weighted by Gasteiger charge is 2.23. The molecular weight excluding hydrogens is 306 g/mol. The molecule has 0 bridgehead atoms. The van der Waals surface area contributed by atoms with Crippen molar-refractivity contribution in [2.45, 2.75) is 6.92 Å². The van der Waals surface area contributed by atoms with Gasteiger partial charge in [-0.05, 0) is 30.7 Å². The van der Waals surface area contributed by atoms with Crippen LogP contribution < -0.4 is 5.43 Å². The van der Waals surface area contributed by atoms with Gasteiger partial charge in [0.1, 0.15) is 17.2 Å². The Bertz CT molecular complexity index is 985. The normalized spacial score (nSPS) is 10.9. The Hall–Kier alpha value is -3.02. The molecule has 0 aliphatic heterocycles. The van der Waals surface area contributed by atoms with Crippen molar-refractivity contribution < 1.29 is 23.1 Å². The van der Waals surface area contributed by atoms with E-state index >= 15 is 0 Å². The third kappa shape index (κ3) is 2.48. The minimum Gasteiger partial charge on any atom is -0.477 e. The van der Waals surface area contributed by atoms with Crippen molar-refractivity contribution in [1.29, 1.82) is 0 Å². The molecule has 6 heteroatoms. The molecule has 3 aromatic rings. The van der Waals surface area contributed by atoms with Gasteiger partial charge in [-0.15, -0.1) is 0 Å². The van der Waals surface area contributed by atoms with E-state index in [1.165, 1.54) is 6.07 Å². The van der Waals surface area contributed by atoms with Gasteiger partial charge in [-0.2, -0.15) is 0 Å². The van der Waals surface area contributed by atoms with Crippen LogP contribution in [0.15, 0.2) is 45.6 Å². The van der Waals surface area contributed by atoms with Crippen LogP contribution in [0.4, 0.5) is 8.78 Å². The number of aromatic carboxylic acids is 1. The summed E-state index contributed by atoms with van der Waals surface area (Å²) in [5.41, 5.74) is -0.783. The zero-order valence-corrected chi connectivity index (χ0v) is 11.9. The number of benzene rings is 2. The second-order valence-corrected chi connectivity index (χ2v) is 5.05. The average Bonchev–Trinajstić information content (AvgIpc) is 2.46. The van der Waals surface area contributed by atoms with Crippen LogP contribution in [0.5, 0.6) is 0 Å². The van der Waals surface area contributed by atoms with Gasteiger partial charge in [-0.1, -0.05) is 12.1 Å². The van der Waals surface area contributed by atoms with Crippen LogP contribution in [-0.4, -0.2) is 11.1 Å².